The topological polar surface area (TPSA) is 70.5 Å². The summed E-state index contributed by atoms with van der Waals surface area (Å²) in [7, 11) is 1.71. The van der Waals surface area contributed by atoms with E-state index in [-0.39, 0.29) is 11.5 Å². The average molecular weight is 406 g/mol. The van der Waals surface area contributed by atoms with Gasteiger partial charge in [-0.25, -0.2) is 4.98 Å². The van der Waals surface area contributed by atoms with Gasteiger partial charge in [0, 0.05) is 57.4 Å². The van der Waals surface area contributed by atoms with Crippen molar-refractivity contribution < 1.29 is 4.79 Å². The minimum absolute atomic E-state index is 0.201. The normalized spacial score (nSPS) is 14.8. The number of likely N-dealkylation sites (N-methyl/N-ethyl adjacent to an activating group) is 1. The summed E-state index contributed by atoms with van der Waals surface area (Å²) in [5, 5.41) is 3.68. The quantitative estimate of drug-likeness (QED) is 0.703. The van der Waals surface area contributed by atoms with Crippen molar-refractivity contribution in [1.29, 1.82) is 0 Å². The Morgan fingerprint density at radius 1 is 1.10 bits per heavy atom. The zero-order chi connectivity index (χ0) is 21.1. The van der Waals surface area contributed by atoms with E-state index in [4.69, 9.17) is 0 Å². The van der Waals surface area contributed by atoms with Crippen LogP contribution in [0.4, 0.5) is 5.82 Å². The second-order valence-corrected chi connectivity index (χ2v) is 7.60. The number of amides is 1. The molecule has 7 heteroatoms. The van der Waals surface area contributed by atoms with Crippen LogP contribution >= 0.6 is 0 Å². The molecule has 0 bridgehead atoms. The maximum absolute atomic E-state index is 12.8. The molecular formula is C23H27N5O2. The van der Waals surface area contributed by atoms with E-state index >= 15 is 0 Å². The van der Waals surface area contributed by atoms with E-state index in [9.17, 15) is 9.59 Å². The Morgan fingerprint density at radius 2 is 1.87 bits per heavy atom. The van der Waals surface area contributed by atoms with Gasteiger partial charge in [0.05, 0.1) is 11.1 Å². The van der Waals surface area contributed by atoms with Crippen LogP contribution in [0, 0.1) is 0 Å². The number of pyridine rings is 2. The van der Waals surface area contributed by atoms with Crippen LogP contribution < -0.4 is 15.8 Å². The van der Waals surface area contributed by atoms with E-state index in [1.807, 2.05) is 42.6 Å². The summed E-state index contributed by atoms with van der Waals surface area (Å²) in [5.74, 6) is 0.710. The van der Waals surface area contributed by atoms with Gasteiger partial charge < -0.3 is 19.7 Å². The zero-order valence-corrected chi connectivity index (χ0v) is 17.5. The second kappa shape index (κ2) is 8.67. The largest absolute Gasteiger partial charge is 0.354 e. The van der Waals surface area contributed by atoms with Crippen LogP contribution in [0.25, 0.3) is 10.9 Å². The number of carbonyl (C=O) groups is 1. The molecule has 1 aromatic carbocycles. The Kier molecular flexibility index (Phi) is 5.81. The summed E-state index contributed by atoms with van der Waals surface area (Å²) < 4.78 is 1.55. The van der Waals surface area contributed by atoms with Crippen LogP contribution in [0.1, 0.15) is 22.8 Å². The number of benzene rings is 1. The van der Waals surface area contributed by atoms with Gasteiger partial charge in [0.25, 0.3) is 11.5 Å². The van der Waals surface area contributed by atoms with Crippen LogP contribution in [0.3, 0.4) is 0 Å². The van der Waals surface area contributed by atoms with Crippen molar-refractivity contribution in [3.63, 3.8) is 0 Å². The number of fused-ring (bicyclic) bond motifs is 1. The van der Waals surface area contributed by atoms with Crippen molar-refractivity contribution in [3.8, 4) is 0 Å². The lowest BCUT2D eigenvalue weighted by Crippen LogP contribution is -2.46. The molecule has 3 aromatic rings. The highest BCUT2D eigenvalue weighted by Crippen LogP contribution is 2.17. The summed E-state index contributed by atoms with van der Waals surface area (Å²) in [6.45, 7) is 7.70. The predicted molar refractivity (Wildman–Crippen MR) is 119 cm³/mol. The molecule has 156 valence electrons. The Balaban J connectivity index is 1.43. The molecule has 2 aromatic heterocycles. The lowest BCUT2D eigenvalue weighted by molar-refractivity contribution is 0.0952. The summed E-state index contributed by atoms with van der Waals surface area (Å²) in [4.78, 5) is 34.3. The van der Waals surface area contributed by atoms with Crippen LogP contribution in [-0.4, -0.2) is 53.1 Å². The third kappa shape index (κ3) is 4.07. The molecule has 1 fully saturated rings. The fourth-order valence-corrected chi connectivity index (χ4v) is 3.88. The lowest BCUT2D eigenvalue weighted by atomic mass is 10.1. The minimum Gasteiger partial charge on any atom is -0.354 e. The van der Waals surface area contributed by atoms with Crippen LogP contribution in [-0.2, 0) is 13.6 Å². The summed E-state index contributed by atoms with van der Waals surface area (Å²) in [6.07, 6.45) is 1.81. The van der Waals surface area contributed by atoms with Crippen molar-refractivity contribution >= 4 is 22.6 Å². The van der Waals surface area contributed by atoms with Crippen LogP contribution in [0.5, 0.6) is 0 Å². The molecule has 0 unspecified atom stereocenters. The van der Waals surface area contributed by atoms with E-state index in [2.05, 4.69) is 27.0 Å². The molecule has 0 atom stereocenters. The zero-order valence-electron chi connectivity index (χ0n) is 17.5. The number of aryl methyl sites for hydroxylation is 1. The first-order valence-corrected chi connectivity index (χ1v) is 10.4. The third-order valence-electron chi connectivity index (χ3n) is 5.80. The smallest absolute Gasteiger partial charge is 0.252 e. The number of nitrogens with zero attached hydrogens (tertiary/aromatic N) is 4. The van der Waals surface area contributed by atoms with Gasteiger partial charge in [0.1, 0.15) is 5.82 Å². The molecule has 30 heavy (non-hydrogen) atoms. The van der Waals surface area contributed by atoms with Crippen molar-refractivity contribution in [2.24, 2.45) is 7.05 Å². The monoisotopic (exact) mass is 405 g/mol. The van der Waals surface area contributed by atoms with Crippen molar-refractivity contribution in [2.45, 2.75) is 13.5 Å². The Morgan fingerprint density at radius 3 is 2.57 bits per heavy atom. The first-order chi connectivity index (χ1) is 14.6. The number of hydrogen-bond donors (Lipinski definition) is 1. The predicted octanol–water partition coefficient (Wildman–Crippen LogP) is 2.01. The maximum atomic E-state index is 12.8. The molecule has 4 rings (SSSR count). The molecule has 3 heterocycles. The number of nitrogens with one attached hydrogen (secondary N) is 1. The number of para-hydroxylation sites is 1. The number of carbonyl (C=O) groups excluding carboxylic acids is 1. The summed E-state index contributed by atoms with van der Waals surface area (Å²) in [5.41, 5.74) is 1.86. The molecule has 0 saturated carbocycles. The number of hydrogen-bond acceptors (Lipinski definition) is 5. The van der Waals surface area contributed by atoms with Crippen molar-refractivity contribution in [1.82, 2.24) is 19.8 Å². The van der Waals surface area contributed by atoms with Crippen molar-refractivity contribution in [3.05, 3.63) is 70.1 Å². The van der Waals surface area contributed by atoms with Gasteiger partial charge in [-0.05, 0) is 24.2 Å². The van der Waals surface area contributed by atoms with Gasteiger partial charge >= 0.3 is 0 Å². The number of rotatable bonds is 5. The molecule has 0 radical (unpaired) electrons. The average Bonchev–Trinajstić information content (AvgIpc) is 2.80. The summed E-state index contributed by atoms with van der Waals surface area (Å²) in [6, 6.07) is 12.8. The molecule has 1 N–H and O–H groups in total. The first kappa shape index (κ1) is 20.1. The number of anilines is 1. The third-order valence-corrected chi connectivity index (χ3v) is 5.80. The molecular weight excluding hydrogens is 378 g/mol. The Labute approximate surface area is 175 Å². The highest BCUT2D eigenvalue weighted by atomic mass is 16.2. The highest BCUT2D eigenvalue weighted by Gasteiger charge is 2.17. The molecule has 1 amide bonds. The lowest BCUT2D eigenvalue weighted by Gasteiger charge is -2.34. The van der Waals surface area contributed by atoms with E-state index in [0.29, 0.717) is 12.1 Å². The SMILES string of the molecule is CCN1CCN(c2ccc(CNC(=O)c3cc(=O)n(C)c4ccccc34)cn2)CC1. The Bertz CT molecular complexity index is 1100. The van der Waals surface area contributed by atoms with E-state index in [1.165, 1.54) is 6.07 Å². The first-order valence-electron chi connectivity index (χ1n) is 10.4. The minimum atomic E-state index is -0.260. The van der Waals surface area contributed by atoms with Gasteiger partial charge in [0.15, 0.2) is 0 Å². The molecule has 1 aliphatic rings. The van der Waals surface area contributed by atoms with E-state index in [0.717, 1.165) is 55.0 Å². The molecule has 7 nitrogen and oxygen atoms in total. The fourth-order valence-electron chi connectivity index (χ4n) is 3.88. The van der Waals surface area contributed by atoms with Crippen molar-refractivity contribution in [2.75, 3.05) is 37.6 Å². The Hall–Kier alpha value is -3.19. The van der Waals surface area contributed by atoms with Gasteiger partial charge in [-0.1, -0.05) is 31.2 Å². The van der Waals surface area contributed by atoms with E-state index < -0.39 is 0 Å². The number of piperazine rings is 1. The second-order valence-electron chi connectivity index (χ2n) is 7.60. The standard InChI is InChI=1S/C23H27N5O2/c1-3-27-10-12-28(13-11-27)21-9-8-17(15-24-21)16-25-23(30)19-14-22(29)26(2)20-7-5-4-6-18(19)20/h4-9,14-15H,3,10-13,16H2,1-2H3,(H,25,30). The molecule has 1 aliphatic heterocycles. The van der Waals surface area contributed by atoms with Crippen LogP contribution in [0.15, 0.2) is 53.5 Å². The summed E-state index contributed by atoms with van der Waals surface area (Å²) >= 11 is 0. The fraction of sp³-hybridized carbons (Fsp3) is 0.348. The van der Waals surface area contributed by atoms with Gasteiger partial charge in [0.2, 0.25) is 0 Å². The van der Waals surface area contributed by atoms with Gasteiger partial charge in [-0.15, -0.1) is 0 Å². The van der Waals surface area contributed by atoms with Gasteiger partial charge in [-0.2, -0.15) is 0 Å². The van der Waals surface area contributed by atoms with Gasteiger partial charge in [-0.3, -0.25) is 9.59 Å². The highest BCUT2D eigenvalue weighted by molar-refractivity contribution is 6.06. The number of aromatic nitrogens is 2. The molecule has 0 spiro atoms. The maximum Gasteiger partial charge on any atom is 0.252 e. The molecule has 1 saturated heterocycles. The molecule has 0 aliphatic carbocycles. The van der Waals surface area contributed by atoms with Crippen LogP contribution in [0.2, 0.25) is 0 Å². The van der Waals surface area contributed by atoms with E-state index in [1.54, 1.807) is 11.6 Å².